The Morgan fingerprint density at radius 3 is 1.04 bits per heavy atom. The molecule has 25 heavy (non-hydrogen) atoms. The first kappa shape index (κ1) is 25.5. The Morgan fingerprint density at radius 2 is 0.800 bits per heavy atom. The van der Waals surface area contributed by atoms with E-state index in [2.05, 4.69) is 90.1 Å². The lowest BCUT2D eigenvalue weighted by molar-refractivity contribution is -0.176. The van der Waals surface area contributed by atoms with Crippen LogP contribution in [0.3, 0.4) is 0 Å². The van der Waals surface area contributed by atoms with Crippen molar-refractivity contribution in [1.29, 1.82) is 0 Å². The molecule has 0 radical (unpaired) electrons. The number of rotatable bonds is 3. The minimum Gasteiger partial charge on any atom is -0.255 e. The van der Waals surface area contributed by atoms with E-state index in [1.165, 1.54) is 16.7 Å². The number of hydrogen-bond donors (Lipinski definition) is 4. The lowest BCUT2D eigenvalue weighted by Crippen LogP contribution is -1.97. The lowest BCUT2D eigenvalue weighted by Gasteiger charge is -2.14. The molecule has 0 fully saturated rings. The first-order valence-electron chi connectivity index (χ1n) is 8.47. The van der Waals surface area contributed by atoms with Crippen LogP contribution in [-0.2, 0) is 0 Å². The first-order chi connectivity index (χ1) is 11.9. The van der Waals surface area contributed by atoms with E-state index < -0.39 is 0 Å². The summed E-state index contributed by atoms with van der Waals surface area (Å²) in [6.07, 6.45) is 0. The Balaban J connectivity index is 0. The van der Waals surface area contributed by atoms with Crippen molar-refractivity contribution >= 4 is 0 Å². The minimum absolute atomic E-state index is 0.642. The molecule has 4 nitrogen and oxygen atoms in total. The maximum absolute atomic E-state index is 6.00. The Hall–Kier alpha value is -1.72. The van der Waals surface area contributed by atoms with Crippen molar-refractivity contribution in [2.45, 2.75) is 59.3 Å². The van der Waals surface area contributed by atoms with Crippen LogP contribution in [0.2, 0.25) is 0 Å². The maximum atomic E-state index is 6.00. The normalized spacial score (nSPS) is 9.48. The monoisotopic (exact) mass is 350 g/mol. The van der Waals surface area contributed by atoms with Crippen molar-refractivity contribution in [3.63, 3.8) is 0 Å². The molecule has 0 amide bonds. The van der Waals surface area contributed by atoms with Gasteiger partial charge in [0.2, 0.25) is 0 Å². The smallest absolute Gasteiger partial charge is 0.0216 e. The fraction of sp³-hybridized carbons (Fsp3) is 0.429. The number of hydrogen-bond acceptors (Lipinski definition) is 4. The summed E-state index contributed by atoms with van der Waals surface area (Å²) in [6.45, 7) is 13.4. The van der Waals surface area contributed by atoms with E-state index in [1.807, 2.05) is 6.07 Å². The van der Waals surface area contributed by atoms with Gasteiger partial charge in [-0.3, -0.25) is 21.0 Å². The fourth-order valence-electron chi connectivity index (χ4n) is 2.40. The minimum atomic E-state index is 0.642. The van der Waals surface area contributed by atoms with E-state index in [-0.39, 0.29) is 0 Å². The molecule has 0 aromatic heterocycles. The van der Waals surface area contributed by atoms with Crippen LogP contribution in [0.4, 0.5) is 0 Å². The van der Waals surface area contributed by atoms with Crippen molar-refractivity contribution < 1.29 is 21.0 Å². The summed E-state index contributed by atoms with van der Waals surface area (Å²) >= 11 is 0. The highest BCUT2D eigenvalue weighted by atomic mass is 17.0. The Kier molecular flexibility index (Phi) is 16.1. The SMILES string of the molecule is CC(C)c1ccccc1.CC(C)c1ccccc1C(C)C.OO.OO. The molecule has 0 aliphatic rings. The van der Waals surface area contributed by atoms with Crippen LogP contribution in [-0.4, -0.2) is 21.0 Å². The number of benzene rings is 2. The highest BCUT2D eigenvalue weighted by molar-refractivity contribution is 5.31. The summed E-state index contributed by atoms with van der Waals surface area (Å²) in [4.78, 5) is 0. The van der Waals surface area contributed by atoms with Gasteiger partial charge in [-0.1, -0.05) is 96.1 Å². The summed E-state index contributed by atoms with van der Waals surface area (Å²) in [6, 6.07) is 19.2. The summed E-state index contributed by atoms with van der Waals surface area (Å²) in [7, 11) is 0. The molecule has 0 aliphatic carbocycles. The standard InChI is InChI=1S/C12H18.C9H12.2H2O2/c1-9(2)11-7-5-6-8-12(11)10(3)4;1-8(2)9-6-4-3-5-7-9;2*1-2/h5-10H,1-4H3;3-8H,1-2H3;2*1-2H. The van der Waals surface area contributed by atoms with E-state index in [0.29, 0.717) is 17.8 Å². The van der Waals surface area contributed by atoms with Crippen LogP contribution >= 0.6 is 0 Å². The maximum Gasteiger partial charge on any atom is -0.0216 e. The van der Waals surface area contributed by atoms with E-state index >= 15 is 0 Å². The Bertz CT molecular complexity index is 495. The zero-order chi connectivity index (χ0) is 19.8. The molecule has 142 valence electrons. The van der Waals surface area contributed by atoms with Crippen molar-refractivity contribution in [1.82, 2.24) is 0 Å². The predicted molar refractivity (Wildman–Crippen MR) is 106 cm³/mol. The van der Waals surface area contributed by atoms with Crippen LogP contribution in [0.15, 0.2) is 54.6 Å². The van der Waals surface area contributed by atoms with E-state index in [0.717, 1.165) is 0 Å². The molecule has 0 heterocycles. The molecule has 0 bridgehead atoms. The zero-order valence-electron chi connectivity index (χ0n) is 16.2. The topological polar surface area (TPSA) is 80.9 Å². The van der Waals surface area contributed by atoms with Crippen molar-refractivity contribution in [3.8, 4) is 0 Å². The molecule has 0 aliphatic heterocycles. The van der Waals surface area contributed by atoms with Gasteiger partial charge >= 0.3 is 0 Å². The van der Waals surface area contributed by atoms with Crippen molar-refractivity contribution in [2.24, 2.45) is 0 Å². The van der Waals surface area contributed by atoms with Crippen molar-refractivity contribution in [2.75, 3.05) is 0 Å². The largest absolute Gasteiger partial charge is 0.255 e. The summed E-state index contributed by atoms with van der Waals surface area (Å²) in [5.74, 6) is 1.94. The van der Waals surface area contributed by atoms with Gasteiger partial charge in [0.1, 0.15) is 0 Å². The van der Waals surface area contributed by atoms with Gasteiger partial charge in [-0.15, -0.1) is 0 Å². The lowest BCUT2D eigenvalue weighted by atomic mass is 9.91. The second-order valence-electron chi connectivity index (χ2n) is 6.50. The fourth-order valence-corrected chi connectivity index (χ4v) is 2.40. The third-order valence-corrected chi connectivity index (χ3v) is 3.71. The molecule has 0 atom stereocenters. The molecule has 4 N–H and O–H groups in total. The summed E-state index contributed by atoms with van der Waals surface area (Å²) in [5.41, 5.74) is 4.40. The molecule has 2 aromatic carbocycles. The van der Waals surface area contributed by atoms with E-state index in [9.17, 15) is 0 Å². The Morgan fingerprint density at radius 1 is 0.480 bits per heavy atom. The third-order valence-electron chi connectivity index (χ3n) is 3.71. The summed E-state index contributed by atoms with van der Waals surface area (Å²) in [5, 5.41) is 24.0. The van der Waals surface area contributed by atoms with Crippen molar-refractivity contribution in [3.05, 3.63) is 71.3 Å². The first-order valence-corrected chi connectivity index (χ1v) is 8.47. The molecule has 2 rings (SSSR count). The van der Waals surface area contributed by atoms with Crippen LogP contribution in [0.25, 0.3) is 0 Å². The van der Waals surface area contributed by atoms with Gasteiger partial charge in [0, 0.05) is 0 Å². The molecule has 0 saturated heterocycles. The third kappa shape index (κ3) is 10.7. The van der Waals surface area contributed by atoms with Gasteiger partial charge in [-0.2, -0.15) is 0 Å². The van der Waals surface area contributed by atoms with Gasteiger partial charge in [0.05, 0.1) is 0 Å². The average molecular weight is 350 g/mol. The van der Waals surface area contributed by atoms with E-state index in [4.69, 9.17) is 21.0 Å². The molecule has 0 unspecified atom stereocenters. The molecular weight excluding hydrogens is 316 g/mol. The summed E-state index contributed by atoms with van der Waals surface area (Å²) < 4.78 is 0. The molecule has 0 saturated carbocycles. The van der Waals surface area contributed by atoms with Crippen LogP contribution < -0.4 is 0 Å². The quantitative estimate of drug-likeness (QED) is 0.363. The zero-order valence-corrected chi connectivity index (χ0v) is 16.2. The molecule has 0 spiro atoms. The highest BCUT2D eigenvalue weighted by Gasteiger charge is 2.07. The predicted octanol–water partition coefficient (Wildman–Crippen LogP) is 6.78. The second-order valence-corrected chi connectivity index (χ2v) is 6.50. The van der Waals surface area contributed by atoms with Crippen LogP contribution in [0.5, 0.6) is 0 Å². The molecular formula is C21H34O4. The Labute approximate surface area is 152 Å². The van der Waals surface area contributed by atoms with Gasteiger partial charge in [0.15, 0.2) is 0 Å². The van der Waals surface area contributed by atoms with Gasteiger partial charge < -0.3 is 0 Å². The second kappa shape index (κ2) is 15.8. The van der Waals surface area contributed by atoms with Crippen LogP contribution in [0.1, 0.15) is 76.0 Å². The van der Waals surface area contributed by atoms with Gasteiger partial charge in [0.25, 0.3) is 0 Å². The average Bonchev–Trinajstić information content (AvgIpc) is 2.66. The van der Waals surface area contributed by atoms with Gasteiger partial charge in [-0.25, -0.2) is 0 Å². The van der Waals surface area contributed by atoms with Crippen LogP contribution in [0, 0.1) is 0 Å². The van der Waals surface area contributed by atoms with Gasteiger partial charge in [-0.05, 0) is 34.4 Å². The molecule has 4 heteroatoms. The molecule has 2 aromatic rings. The highest BCUT2D eigenvalue weighted by Crippen LogP contribution is 2.25. The van der Waals surface area contributed by atoms with E-state index in [1.54, 1.807) is 0 Å².